The smallest absolute Gasteiger partial charge is 0.460 e. The second kappa shape index (κ2) is 8.69. The molecule has 2 atom stereocenters. The molecule has 0 saturated carbocycles. The molecule has 0 N–H and O–H groups in total. The van der Waals surface area contributed by atoms with Crippen LogP contribution in [0.15, 0.2) is 30.3 Å². The van der Waals surface area contributed by atoms with Gasteiger partial charge in [-0.3, -0.25) is 4.79 Å². The first kappa shape index (κ1) is 22.2. The molecule has 0 aromatic heterocycles. The summed E-state index contributed by atoms with van der Waals surface area (Å²) < 4.78 is 45.2. The van der Waals surface area contributed by atoms with Gasteiger partial charge in [-0.25, -0.2) is 0 Å². The van der Waals surface area contributed by atoms with Crippen molar-refractivity contribution < 1.29 is 73.9 Å². The average molecular weight is 367 g/mol. The van der Waals surface area contributed by atoms with E-state index in [1.54, 1.807) is 25.7 Å². The van der Waals surface area contributed by atoms with Gasteiger partial charge in [-0.15, -0.1) is 0 Å². The fraction of sp³-hybridized carbons (Fsp3) is 0.562. The van der Waals surface area contributed by atoms with E-state index >= 15 is 0 Å². The van der Waals surface area contributed by atoms with Crippen LogP contribution in [-0.2, 0) is 16.1 Å². The summed E-state index contributed by atoms with van der Waals surface area (Å²) in [5.41, 5.74) is 0.151. The number of carbonyl (C=O) groups is 1. The maximum atomic E-state index is 13.3. The van der Waals surface area contributed by atoms with Gasteiger partial charge in [-0.05, 0) is 38.7 Å². The van der Waals surface area contributed by atoms with Crippen LogP contribution in [0.5, 0.6) is 0 Å². The van der Waals surface area contributed by atoms with Crippen molar-refractivity contribution in [3.8, 4) is 0 Å². The largest absolute Gasteiger partial charge is 1.00 e. The first-order valence-corrected chi connectivity index (χ1v) is 7.75. The molecule has 3 nitrogen and oxygen atoms in total. The molecule has 1 heterocycles. The van der Waals surface area contributed by atoms with Crippen molar-refractivity contribution >= 4 is 12.9 Å². The molecule has 0 spiro atoms. The molecule has 1 aliphatic heterocycles. The first-order valence-electron chi connectivity index (χ1n) is 7.75. The maximum Gasteiger partial charge on any atom is 1.00 e. The number of rotatable bonds is 4. The summed E-state index contributed by atoms with van der Waals surface area (Å²) in [5, 5.41) is 0. The predicted molar refractivity (Wildman–Crippen MR) is 83.9 cm³/mol. The maximum absolute atomic E-state index is 13.3. The van der Waals surface area contributed by atoms with E-state index in [-0.39, 0.29) is 64.5 Å². The third kappa shape index (κ3) is 6.46. The third-order valence-electron chi connectivity index (χ3n) is 3.88. The van der Waals surface area contributed by atoms with Crippen LogP contribution in [0, 0.1) is 5.92 Å². The van der Waals surface area contributed by atoms with Crippen LogP contribution >= 0.6 is 0 Å². The number of nitrogens with zero attached hydrogens (tertiary/aromatic N) is 1. The van der Waals surface area contributed by atoms with Crippen LogP contribution in [0.25, 0.3) is 0 Å². The normalized spacial score (nSPS) is 22.1. The zero-order valence-corrected chi connectivity index (χ0v) is 17.8. The van der Waals surface area contributed by atoms with Crippen LogP contribution in [0.1, 0.15) is 26.3 Å². The molecule has 24 heavy (non-hydrogen) atoms. The second-order valence-corrected chi connectivity index (χ2v) is 7.11. The van der Waals surface area contributed by atoms with E-state index in [1.165, 1.54) is 0 Å². The van der Waals surface area contributed by atoms with E-state index in [1.807, 2.05) is 30.3 Å². The fourth-order valence-electron chi connectivity index (χ4n) is 2.89. The number of esters is 1. The van der Waals surface area contributed by atoms with E-state index in [4.69, 9.17) is 4.74 Å². The molecule has 0 bridgehead atoms. The summed E-state index contributed by atoms with van der Waals surface area (Å²) in [6.45, 7) is 0.228. The summed E-state index contributed by atoms with van der Waals surface area (Å²) in [5.74, 6) is -3.51. The van der Waals surface area contributed by atoms with E-state index in [0.29, 0.717) is 6.54 Å². The first-order chi connectivity index (χ1) is 10.6. The number of hydrogen-bond donors (Lipinski definition) is 0. The van der Waals surface area contributed by atoms with Gasteiger partial charge >= 0.3 is 64.3 Å². The van der Waals surface area contributed by atoms with Gasteiger partial charge in [0.15, 0.2) is 0 Å². The van der Waals surface area contributed by atoms with Crippen molar-refractivity contribution in [2.75, 3.05) is 13.1 Å². The Kier molecular flexibility index (Phi) is 8.03. The van der Waals surface area contributed by atoms with Gasteiger partial charge in [0.25, 0.3) is 0 Å². The summed E-state index contributed by atoms with van der Waals surface area (Å²) in [7, 11) is 0. The van der Waals surface area contributed by atoms with Gasteiger partial charge in [0.1, 0.15) is 5.60 Å². The second-order valence-electron chi connectivity index (χ2n) is 7.11. The van der Waals surface area contributed by atoms with Crippen molar-refractivity contribution in [1.82, 2.24) is 4.90 Å². The minimum Gasteiger partial charge on any atom is -0.460 e. The minimum absolute atomic E-state index is 0. The van der Waals surface area contributed by atoms with Gasteiger partial charge in [0, 0.05) is 13.1 Å². The Labute approximate surface area is 183 Å². The monoisotopic (exact) mass is 367 g/mol. The van der Waals surface area contributed by atoms with Crippen LogP contribution in [0.3, 0.4) is 0 Å². The van der Waals surface area contributed by atoms with Crippen molar-refractivity contribution in [3.63, 3.8) is 0 Å². The predicted octanol–water partition coefficient (Wildman–Crippen LogP) is 0.682. The van der Waals surface area contributed by atoms with Crippen LogP contribution in [0.2, 0.25) is 5.82 Å². The Bertz CT molecular complexity index is 548. The summed E-state index contributed by atoms with van der Waals surface area (Å²) in [4.78, 5) is 13.9. The molecule has 1 aliphatic rings. The van der Waals surface area contributed by atoms with Crippen LogP contribution < -0.4 is 51.4 Å². The topological polar surface area (TPSA) is 29.5 Å². The molecular formula is C16H22BF3KNO2. The number of halogens is 3. The van der Waals surface area contributed by atoms with Gasteiger partial charge in [0.05, 0.1) is 5.92 Å². The van der Waals surface area contributed by atoms with Crippen LogP contribution in [0.4, 0.5) is 12.9 Å². The molecule has 0 aliphatic carbocycles. The van der Waals surface area contributed by atoms with E-state index < -0.39 is 30.3 Å². The van der Waals surface area contributed by atoms with Crippen molar-refractivity contribution in [2.24, 2.45) is 5.92 Å². The molecule has 1 fully saturated rings. The Morgan fingerprint density at radius 3 is 2.29 bits per heavy atom. The van der Waals surface area contributed by atoms with E-state index in [2.05, 4.69) is 0 Å². The average Bonchev–Trinajstić information content (AvgIpc) is 2.82. The number of hydrogen-bond acceptors (Lipinski definition) is 3. The number of benzene rings is 1. The quantitative estimate of drug-likeness (QED) is 0.579. The SMILES string of the molecule is CC(C)(C)OC(=O)[C@@H]1CN(Cc2ccccc2)C[C@@H]1[B-](F)(F)F.[K+]. The van der Waals surface area contributed by atoms with E-state index in [9.17, 15) is 17.7 Å². The molecule has 0 unspecified atom stereocenters. The number of carbonyl (C=O) groups excluding carboxylic acids is 1. The Morgan fingerprint density at radius 1 is 1.21 bits per heavy atom. The molecule has 8 heteroatoms. The Hall–Kier alpha value is 0.141. The molecule has 0 amide bonds. The van der Waals surface area contributed by atoms with Gasteiger partial charge in [0.2, 0.25) is 0 Å². The molecular weight excluding hydrogens is 345 g/mol. The molecule has 1 aromatic carbocycles. The van der Waals surface area contributed by atoms with Gasteiger partial charge in [-0.1, -0.05) is 30.3 Å². The third-order valence-corrected chi connectivity index (χ3v) is 3.88. The Balaban J connectivity index is 0.00000288. The molecule has 2 rings (SSSR count). The van der Waals surface area contributed by atoms with E-state index in [0.717, 1.165) is 5.56 Å². The van der Waals surface area contributed by atoms with Gasteiger partial charge in [-0.2, -0.15) is 0 Å². The van der Waals surface area contributed by atoms with Crippen molar-refractivity contribution in [3.05, 3.63) is 35.9 Å². The molecule has 1 aromatic rings. The number of ether oxygens (including phenoxy) is 1. The fourth-order valence-corrected chi connectivity index (χ4v) is 2.89. The number of likely N-dealkylation sites (tertiary alicyclic amines) is 1. The van der Waals surface area contributed by atoms with Gasteiger partial charge < -0.3 is 22.6 Å². The van der Waals surface area contributed by atoms with Crippen LogP contribution in [-0.4, -0.2) is 36.5 Å². The minimum atomic E-state index is -5.09. The van der Waals surface area contributed by atoms with Crippen molar-refractivity contribution in [1.29, 1.82) is 0 Å². The summed E-state index contributed by atoms with van der Waals surface area (Å²) in [6.07, 6.45) is 0. The molecule has 128 valence electrons. The zero-order valence-electron chi connectivity index (χ0n) is 14.6. The molecule has 0 radical (unpaired) electrons. The Morgan fingerprint density at radius 2 is 1.79 bits per heavy atom. The molecule has 1 saturated heterocycles. The van der Waals surface area contributed by atoms with Crippen molar-refractivity contribution in [2.45, 2.75) is 38.7 Å². The summed E-state index contributed by atoms with van der Waals surface area (Å²) >= 11 is 0. The standard InChI is InChI=1S/C16H22BF3NO2.K/c1-16(2,3)23-15(22)13-10-21(11-14(13)17(18,19)20)9-12-7-5-4-6-8-12;/h4-8,13-14H,9-11H2,1-3H3;/q-1;+1/t13-,14+;/m1./s1. The zero-order chi connectivity index (χ0) is 17.3. The summed E-state index contributed by atoms with van der Waals surface area (Å²) in [6, 6.07) is 9.30.